The summed E-state index contributed by atoms with van der Waals surface area (Å²) < 4.78 is 26.3. The van der Waals surface area contributed by atoms with Crippen LogP contribution in [0.2, 0.25) is 0 Å². The van der Waals surface area contributed by atoms with Crippen molar-refractivity contribution >= 4 is 0 Å². The lowest BCUT2D eigenvalue weighted by Gasteiger charge is -2.15. The van der Waals surface area contributed by atoms with Gasteiger partial charge in [0.25, 0.3) is 0 Å². The first-order valence-corrected chi connectivity index (χ1v) is 5.38. The molecule has 0 saturated carbocycles. The summed E-state index contributed by atoms with van der Waals surface area (Å²) in [5.74, 6) is -1.06. The Hall–Kier alpha value is -1.22. The largest absolute Gasteiger partial charge is 0.307 e. The van der Waals surface area contributed by atoms with Crippen molar-refractivity contribution in [1.82, 2.24) is 5.32 Å². The third kappa shape index (κ3) is 3.42. The predicted molar refractivity (Wildman–Crippen MR) is 62.2 cm³/mol. The molecule has 3 heteroatoms. The molecule has 0 bridgehead atoms. The number of hydrogen-bond acceptors (Lipinski definition) is 1. The zero-order valence-electron chi connectivity index (χ0n) is 9.85. The Bertz CT molecular complexity index is 382. The van der Waals surface area contributed by atoms with Gasteiger partial charge in [-0.1, -0.05) is 24.6 Å². The summed E-state index contributed by atoms with van der Waals surface area (Å²) in [4.78, 5) is 0. The van der Waals surface area contributed by atoms with Crippen molar-refractivity contribution in [3.8, 4) is 0 Å². The van der Waals surface area contributed by atoms with Crippen LogP contribution in [0.25, 0.3) is 0 Å². The predicted octanol–water partition coefficient (Wildman–Crippen LogP) is 3.58. The van der Waals surface area contributed by atoms with Crippen LogP contribution in [0, 0.1) is 11.6 Å². The second-order valence-electron chi connectivity index (χ2n) is 3.95. The van der Waals surface area contributed by atoms with Gasteiger partial charge < -0.3 is 5.32 Å². The number of allylic oxidation sites excluding steroid dienone is 1. The molecule has 1 aromatic carbocycles. The van der Waals surface area contributed by atoms with Gasteiger partial charge >= 0.3 is 0 Å². The fraction of sp³-hybridized carbons (Fsp3) is 0.385. The topological polar surface area (TPSA) is 12.0 Å². The van der Waals surface area contributed by atoms with Crippen molar-refractivity contribution in [2.24, 2.45) is 0 Å². The van der Waals surface area contributed by atoms with E-state index in [-0.39, 0.29) is 6.04 Å². The maximum atomic E-state index is 13.6. The monoisotopic (exact) mass is 225 g/mol. The fourth-order valence-corrected chi connectivity index (χ4v) is 1.57. The number of rotatable bonds is 4. The number of nitrogens with one attached hydrogen (secondary N) is 1. The molecular weight excluding hydrogens is 208 g/mol. The Balaban J connectivity index is 3.05. The van der Waals surface area contributed by atoms with Crippen LogP contribution in [0.4, 0.5) is 8.78 Å². The summed E-state index contributed by atoms with van der Waals surface area (Å²) in [6.07, 6.45) is 1.93. The van der Waals surface area contributed by atoms with Crippen LogP contribution in [0.15, 0.2) is 29.8 Å². The molecule has 0 saturated heterocycles. The molecule has 0 aliphatic heterocycles. The summed E-state index contributed by atoms with van der Waals surface area (Å²) in [6, 6.07) is 3.48. The number of likely N-dealkylation sites (N-methyl/N-ethyl adjacent to an activating group) is 1. The van der Waals surface area contributed by atoms with Gasteiger partial charge in [-0.15, -0.1) is 0 Å². The van der Waals surface area contributed by atoms with E-state index in [0.717, 1.165) is 18.2 Å². The number of halogens is 2. The molecule has 0 spiro atoms. The van der Waals surface area contributed by atoms with Gasteiger partial charge in [0.2, 0.25) is 0 Å². The molecule has 1 rings (SSSR count). The first kappa shape index (κ1) is 12.8. The molecule has 0 fully saturated rings. The van der Waals surface area contributed by atoms with E-state index in [9.17, 15) is 8.78 Å². The molecule has 1 unspecified atom stereocenters. The Labute approximate surface area is 95.2 Å². The lowest BCUT2D eigenvalue weighted by molar-refractivity contribution is 0.545. The van der Waals surface area contributed by atoms with E-state index in [4.69, 9.17) is 0 Å². The highest BCUT2D eigenvalue weighted by atomic mass is 19.1. The summed E-state index contributed by atoms with van der Waals surface area (Å²) in [5, 5.41) is 3.15. The number of hydrogen-bond donors (Lipinski definition) is 1. The third-order valence-electron chi connectivity index (χ3n) is 2.22. The number of benzene rings is 1. The van der Waals surface area contributed by atoms with Gasteiger partial charge in [-0.2, -0.15) is 0 Å². The van der Waals surface area contributed by atoms with Crippen molar-refractivity contribution in [3.05, 3.63) is 47.0 Å². The van der Waals surface area contributed by atoms with Crippen LogP contribution in [-0.4, -0.2) is 6.54 Å². The van der Waals surface area contributed by atoms with Gasteiger partial charge in [0.15, 0.2) is 0 Å². The zero-order chi connectivity index (χ0) is 12.1. The average Bonchev–Trinajstić information content (AvgIpc) is 2.16. The Morgan fingerprint density at radius 1 is 1.38 bits per heavy atom. The average molecular weight is 225 g/mol. The van der Waals surface area contributed by atoms with Crippen LogP contribution < -0.4 is 5.32 Å². The van der Waals surface area contributed by atoms with Crippen molar-refractivity contribution in [2.75, 3.05) is 6.54 Å². The van der Waals surface area contributed by atoms with Gasteiger partial charge in [-0.3, -0.25) is 0 Å². The van der Waals surface area contributed by atoms with Gasteiger partial charge in [-0.25, -0.2) is 8.78 Å². The van der Waals surface area contributed by atoms with Crippen LogP contribution >= 0.6 is 0 Å². The smallest absolute Gasteiger partial charge is 0.131 e. The van der Waals surface area contributed by atoms with Gasteiger partial charge in [-0.05, 0) is 26.5 Å². The van der Waals surface area contributed by atoms with Crippen LogP contribution in [-0.2, 0) is 0 Å². The summed E-state index contributed by atoms with van der Waals surface area (Å²) in [6.45, 7) is 6.58. The lowest BCUT2D eigenvalue weighted by atomic mass is 10.0. The second-order valence-corrected chi connectivity index (χ2v) is 3.95. The Morgan fingerprint density at radius 2 is 2.06 bits per heavy atom. The van der Waals surface area contributed by atoms with Crippen molar-refractivity contribution in [3.63, 3.8) is 0 Å². The maximum absolute atomic E-state index is 13.6. The third-order valence-corrected chi connectivity index (χ3v) is 2.22. The molecule has 0 amide bonds. The Kier molecular flexibility index (Phi) is 4.62. The quantitative estimate of drug-likeness (QED) is 0.772. The van der Waals surface area contributed by atoms with E-state index in [0.29, 0.717) is 5.56 Å². The van der Waals surface area contributed by atoms with Crippen LogP contribution in [0.5, 0.6) is 0 Å². The van der Waals surface area contributed by atoms with E-state index in [1.165, 1.54) is 12.1 Å². The summed E-state index contributed by atoms with van der Waals surface area (Å²) in [7, 11) is 0. The highest BCUT2D eigenvalue weighted by Gasteiger charge is 2.12. The van der Waals surface area contributed by atoms with Gasteiger partial charge in [0, 0.05) is 11.6 Å². The molecule has 0 aliphatic carbocycles. The minimum atomic E-state index is -0.548. The van der Waals surface area contributed by atoms with Crippen molar-refractivity contribution in [1.29, 1.82) is 0 Å². The minimum absolute atomic E-state index is 0.199. The minimum Gasteiger partial charge on any atom is -0.307 e. The van der Waals surface area contributed by atoms with E-state index in [1.807, 2.05) is 26.8 Å². The first-order valence-electron chi connectivity index (χ1n) is 5.38. The van der Waals surface area contributed by atoms with Crippen LogP contribution in [0.3, 0.4) is 0 Å². The molecule has 16 heavy (non-hydrogen) atoms. The van der Waals surface area contributed by atoms with E-state index in [2.05, 4.69) is 5.32 Å². The van der Waals surface area contributed by atoms with Crippen molar-refractivity contribution < 1.29 is 8.78 Å². The first-order chi connectivity index (χ1) is 7.54. The molecule has 0 aliphatic rings. The van der Waals surface area contributed by atoms with E-state index in [1.54, 1.807) is 0 Å². The van der Waals surface area contributed by atoms with E-state index < -0.39 is 11.6 Å². The van der Waals surface area contributed by atoms with Crippen molar-refractivity contribution in [2.45, 2.75) is 26.8 Å². The van der Waals surface area contributed by atoms with E-state index >= 15 is 0 Å². The molecule has 1 atom stereocenters. The molecule has 1 aromatic rings. The fourth-order valence-electron chi connectivity index (χ4n) is 1.57. The lowest BCUT2D eigenvalue weighted by Crippen LogP contribution is -2.20. The van der Waals surface area contributed by atoms with Crippen LogP contribution in [0.1, 0.15) is 32.4 Å². The molecule has 1 N–H and O–H groups in total. The van der Waals surface area contributed by atoms with Gasteiger partial charge in [0.1, 0.15) is 11.6 Å². The normalized spacial score (nSPS) is 12.3. The summed E-state index contributed by atoms with van der Waals surface area (Å²) >= 11 is 0. The SMILES string of the molecule is CCNC(C=C(C)C)c1ccc(F)cc1F. The molecule has 0 aromatic heterocycles. The summed E-state index contributed by atoms with van der Waals surface area (Å²) in [5.41, 5.74) is 1.57. The molecule has 0 heterocycles. The maximum Gasteiger partial charge on any atom is 0.131 e. The van der Waals surface area contributed by atoms with Gasteiger partial charge in [0.05, 0.1) is 6.04 Å². The molecular formula is C13H17F2N. The molecule has 1 nitrogen and oxygen atoms in total. The standard InChI is InChI=1S/C13H17F2N/c1-4-16-13(7-9(2)3)11-6-5-10(14)8-12(11)15/h5-8,13,16H,4H2,1-3H3. The Morgan fingerprint density at radius 3 is 2.56 bits per heavy atom. The second kappa shape index (κ2) is 5.75. The molecule has 88 valence electrons. The zero-order valence-corrected chi connectivity index (χ0v) is 9.85. The highest BCUT2D eigenvalue weighted by Crippen LogP contribution is 2.20. The molecule has 0 radical (unpaired) electrons. The highest BCUT2D eigenvalue weighted by molar-refractivity contribution is 5.26.